The van der Waals surface area contributed by atoms with Crippen LogP contribution in [0.4, 0.5) is 0 Å². The van der Waals surface area contributed by atoms with E-state index in [9.17, 15) is 0 Å². The molecule has 0 fully saturated rings. The lowest BCUT2D eigenvalue weighted by molar-refractivity contribution is 0.136. The fourth-order valence-electron chi connectivity index (χ4n) is 1.10. The number of aromatic nitrogens is 3. The van der Waals surface area contributed by atoms with Crippen molar-refractivity contribution < 1.29 is 15.3 Å². The highest BCUT2D eigenvalue weighted by Gasteiger charge is 2.00. The van der Waals surface area contributed by atoms with Gasteiger partial charge in [0.05, 0.1) is 19.8 Å². The van der Waals surface area contributed by atoms with Gasteiger partial charge in [0.25, 0.3) is 0 Å². The van der Waals surface area contributed by atoms with Crippen molar-refractivity contribution in [2.75, 3.05) is 39.5 Å². The van der Waals surface area contributed by atoms with Crippen molar-refractivity contribution in [3.05, 3.63) is 0 Å². The van der Waals surface area contributed by atoms with Crippen molar-refractivity contribution in [3.63, 3.8) is 0 Å². The minimum absolute atomic E-state index is 0.0694. The molecule has 0 aliphatic rings. The van der Waals surface area contributed by atoms with Gasteiger partial charge in [0, 0.05) is 19.6 Å². The van der Waals surface area contributed by atoms with E-state index in [1.807, 2.05) is 0 Å². The molecule has 0 aliphatic carbocycles. The minimum atomic E-state index is 0.0694. The van der Waals surface area contributed by atoms with Crippen LogP contribution in [-0.2, 0) is 0 Å². The number of hydrogen-bond donors (Lipinski definition) is 6. The van der Waals surface area contributed by atoms with Gasteiger partial charge in [-0.25, -0.2) is 0 Å². The van der Waals surface area contributed by atoms with E-state index in [0.717, 1.165) is 0 Å². The second kappa shape index (κ2) is 11.7. The Labute approximate surface area is 128 Å². The predicted molar refractivity (Wildman–Crippen MR) is 79.3 cm³/mol. The van der Waals surface area contributed by atoms with Gasteiger partial charge < -0.3 is 15.3 Å². The molecule has 0 saturated carbocycles. The zero-order valence-corrected chi connectivity index (χ0v) is 12.9. The fourth-order valence-corrected chi connectivity index (χ4v) is 1.91. The molecule has 0 saturated heterocycles. The highest BCUT2D eigenvalue weighted by Crippen LogP contribution is 2.04. The summed E-state index contributed by atoms with van der Waals surface area (Å²) < 4.78 is 0. The van der Waals surface area contributed by atoms with E-state index in [0.29, 0.717) is 35.1 Å². The molecule has 19 heavy (non-hydrogen) atoms. The molecule has 1 rings (SSSR count). The fraction of sp³-hybridized carbons (Fsp3) is 0.667. The first kappa shape index (κ1) is 18.9. The van der Waals surface area contributed by atoms with Crippen LogP contribution in [0.15, 0.2) is 15.5 Å². The van der Waals surface area contributed by atoms with Crippen molar-refractivity contribution in [3.8, 4) is 0 Å². The van der Waals surface area contributed by atoms with Gasteiger partial charge in [0.1, 0.15) is 0 Å². The Morgan fingerprint density at radius 2 is 0.947 bits per heavy atom. The van der Waals surface area contributed by atoms with Gasteiger partial charge in [0.15, 0.2) is 15.5 Å². The Hall–Kier alpha value is -0.100. The average molecular weight is 326 g/mol. The van der Waals surface area contributed by atoms with Crippen molar-refractivity contribution in [2.45, 2.75) is 15.5 Å². The van der Waals surface area contributed by atoms with Crippen molar-refractivity contribution in [1.82, 2.24) is 19.9 Å². The summed E-state index contributed by atoms with van der Waals surface area (Å²) in [5.41, 5.74) is 0. The quantitative estimate of drug-likeness (QED) is 0.373. The number of rotatable bonds is 6. The highest BCUT2D eigenvalue weighted by molar-refractivity contribution is 7.81. The predicted octanol–water partition coefficient (Wildman–Crippen LogP) is -0.997. The summed E-state index contributed by atoms with van der Waals surface area (Å²) in [6, 6.07) is 0. The summed E-state index contributed by atoms with van der Waals surface area (Å²) in [7, 11) is 0. The molecule has 0 unspecified atom stereocenters. The van der Waals surface area contributed by atoms with Crippen LogP contribution < -0.4 is 0 Å². The van der Waals surface area contributed by atoms with E-state index in [4.69, 9.17) is 15.3 Å². The first-order valence-corrected chi connectivity index (χ1v) is 6.75. The van der Waals surface area contributed by atoms with Gasteiger partial charge in [-0.05, 0) is 0 Å². The number of aliphatic hydroxyl groups is 3. The maximum absolute atomic E-state index is 8.48. The van der Waals surface area contributed by atoms with Crippen LogP contribution in [0.2, 0.25) is 0 Å². The average Bonchev–Trinajstić information content (AvgIpc) is 2.28. The molecule has 0 aromatic carbocycles. The van der Waals surface area contributed by atoms with Gasteiger partial charge in [0.2, 0.25) is 0 Å². The van der Waals surface area contributed by atoms with E-state index in [1.54, 1.807) is 4.90 Å². The van der Waals surface area contributed by atoms with Crippen LogP contribution in [0.5, 0.6) is 0 Å². The molecule has 7 nitrogen and oxygen atoms in total. The third-order valence-corrected chi connectivity index (χ3v) is 2.45. The SMILES string of the molecule is OCCN(CCO)CCO.Sc1nc(S)nc(S)n1. The second-order valence-corrected chi connectivity index (χ2v) is 4.45. The van der Waals surface area contributed by atoms with Crippen LogP contribution in [0.1, 0.15) is 0 Å². The number of hydrogen-bond acceptors (Lipinski definition) is 10. The van der Waals surface area contributed by atoms with E-state index in [2.05, 4.69) is 52.8 Å². The van der Waals surface area contributed by atoms with E-state index >= 15 is 0 Å². The smallest absolute Gasteiger partial charge is 0.189 e. The van der Waals surface area contributed by atoms with E-state index < -0.39 is 0 Å². The second-order valence-electron chi connectivity index (χ2n) is 3.25. The minimum Gasteiger partial charge on any atom is -0.395 e. The van der Waals surface area contributed by atoms with Crippen LogP contribution in [0.3, 0.4) is 0 Å². The Morgan fingerprint density at radius 3 is 1.16 bits per heavy atom. The summed E-state index contributed by atoms with van der Waals surface area (Å²) in [5.74, 6) is 0. The number of thiol groups is 3. The Morgan fingerprint density at radius 1 is 0.684 bits per heavy atom. The van der Waals surface area contributed by atoms with Crippen LogP contribution >= 0.6 is 37.9 Å². The normalized spacial score (nSPS) is 10.3. The Kier molecular flexibility index (Phi) is 11.6. The molecule has 0 bridgehead atoms. The summed E-state index contributed by atoms with van der Waals surface area (Å²) in [4.78, 5) is 12.9. The number of aliphatic hydroxyl groups excluding tert-OH is 3. The molecule has 0 amide bonds. The third-order valence-electron chi connectivity index (χ3n) is 1.85. The lowest BCUT2D eigenvalue weighted by Crippen LogP contribution is -2.32. The first-order chi connectivity index (χ1) is 9.03. The van der Waals surface area contributed by atoms with Gasteiger partial charge in [-0.2, -0.15) is 15.0 Å². The molecule has 0 atom stereocenters. The standard InChI is InChI=1S/C6H15NO3.C3H3N3S3/c8-4-1-7(2-5-9)3-6-10;7-1-4-2(8)6-3(9)5-1/h8-10H,1-6H2;(H3,4,5,6,7,8,9). The molecule has 1 aromatic rings. The Balaban J connectivity index is 0.000000342. The van der Waals surface area contributed by atoms with Gasteiger partial charge in [-0.15, -0.1) is 37.9 Å². The summed E-state index contributed by atoms with van der Waals surface area (Å²) in [6.07, 6.45) is 0. The Bertz CT molecular complexity index is 295. The first-order valence-electron chi connectivity index (χ1n) is 5.41. The highest BCUT2D eigenvalue weighted by atomic mass is 32.1. The summed E-state index contributed by atoms with van der Waals surface area (Å²) in [5, 5.41) is 26.5. The zero-order valence-electron chi connectivity index (χ0n) is 10.2. The molecule has 3 N–H and O–H groups in total. The van der Waals surface area contributed by atoms with Crippen molar-refractivity contribution >= 4 is 37.9 Å². The third kappa shape index (κ3) is 10.4. The maximum Gasteiger partial charge on any atom is 0.189 e. The zero-order chi connectivity index (χ0) is 14.7. The molecule has 1 heterocycles. The van der Waals surface area contributed by atoms with Gasteiger partial charge in [-0.3, -0.25) is 4.90 Å². The summed E-state index contributed by atoms with van der Waals surface area (Å²) in [6.45, 7) is 1.75. The van der Waals surface area contributed by atoms with Gasteiger partial charge >= 0.3 is 0 Å². The lowest BCUT2D eigenvalue weighted by atomic mass is 10.4. The van der Waals surface area contributed by atoms with Crippen LogP contribution in [0, 0.1) is 0 Å². The van der Waals surface area contributed by atoms with Crippen LogP contribution in [0.25, 0.3) is 0 Å². The molecule has 110 valence electrons. The van der Waals surface area contributed by atoms with E-state index in [-0.39, 0.29) is 19.8 Å². The topological polar surface area (TPSA) is 103 Å². The molecule has 10 heteroatoms. The largest absolute Gasteiger partial charge is 0.395 e. The molecular weight excluding hydrogens is 308 g/mol. The number of nitrogens with zero attached hydrogens (tertiary/aromatic N) is 4. The van der Waals surface area contributed by atoms with Crippen molar-refractivity contribution in [1.29, 1.82) is 0 Å². The maximum atomic E-state index is 8.48. The molecule has 0 spiro atoms. The van der Waals surface area contributed by atoms with Crippen molar-refractivity contribution in [2.24, 2.45) is 0 Å². The van der Waals surface area contributed by atoms with Gasteiger partial charge in [-0.1, -0.05) is 0 Å². The summed E-state index contributed by atoms with van der Waals surface area (Å²) >= 11 is 11.6. The van der Waals surface area contributed by atoms with Crippen LogP contribution in [-0.4, -0.2) is 74.6 Å². The monoisotopic (exact) mass is 326 g/mol. The van der Waals surface area contributed by atoms with E-state index in [1.165, 1.54) is 0 Å². The molecule has 0 aliphatic heterocycles. The molecule has 0 radical (unpaired) electrons. The molecule has 1 aromatic heterocycles. The lowest BCUT2D eigenvalue weighted by Gasteiger charge is -2.17. The molecular formula is C9H18N4O3S3.